The number of benzene rings is 2. The van der Waals surface area contributed by atoms with Gasteiger partial charge in [-0.15, -0.1) is 0 Å². The molecule has 0 atom stereocenters. The molecule has 4 rings (SSSR count). The van der Waals surface area contributed by atoms with E-state index in [9.17, 15) is 4.79 Å². The van der Waals surface area contributed by atoms with Gasteiger partial charge in [-0.1, -0.05) is 41.9 Å². The number of fused-ring (bicyclic) bond motifs is 1. The first-order valence-corrected chi connectivity index (χ1v) is 8.88. The molecule has 2 aromatic heterocycles. The maximum Gasteiger partial charge on any atom is 0.227 e. The first kappa shape index (κ1) is 16.6. The largest absolute Gasteiger partial charge is 0.361 e. The van der Waals surface area contributed by atoms with Gasteiger partial charge in [-0.3, -0.25) is 4.79 Å². The molecule has 3 nitrogen and oxygen atoms in total. The number of halogens is 1. The molecule has 2 heterocycles. The monoisotopic (exact) mass is 361 g/mol. The standard InChI is InChI=1S/C22H17ClN2O/c23-19-8-6-17(7-9-19)22(26)15-25-11-10-21-20(14-25)18(13-24-21)12-16-4-2-1-3-5-16/h1-11,13-14H,12,15H2/p+1. The summed E-state index contributed by atoms with van der Waals surface area (Å²) >= 11 is 5.89. The minimum Gasteiger partial charge on any atom is -0.361 e. The predicted octanol–water partition coefficient (Wildman–Crippen LogP) is 4.58. The van der Waals surface area contributed by atoms with Crippen LogP contribution < -0.4 is 4.57 Å². The van der Waals surface area contributed by atoms with Gasteiger partial charge in [0.25, 0.3) is 0 Å². The highest BCUT2D eigenvalue weighted by atomic mass is 35.5. The van der Waals surface area contributed by atoms with Crippen LogP contribution in [0.5, 0.6) is 0 Å². The zero-order valence-electron chi connectivity index (χ0n) is 14.2. The van der Waals surface area contributed by atoms with Crippen molar-refractivity contribution in [2.24, 2.45) is 0 Å². The van der Waals surface area contributed by atoms with Crippen molar-refractivity contribution in [2.75, 3.05) is 0 Å². The third-order valence-corrected chi connectivity index (χ3v) is 4.75. The zero-order valence-corrected chi connectivity index (χ0v) is 14.9. The predicted molar refractivity (Wildman–Crippen MR) is 104 cm³/mol. The van der Waals surface area contributed by atoms with Gasteiger partial charge in [-0.2, -0.15) is 4.57 Å². The number of pyridine rings is 1. The summed E-state index contributed by atoms with van der Waals surface area (Å²) in [5, 5.41) is 1.77. The fourth-order valence-electron chi connectivity index (χ4n) is 3.12. The summed E-state index contributed by atoms with van der Waals surface area (Å²) in [5.74, 6) is 0.0613. The van der Waals surface area contributed by atoms with Crippen LogP contribution in [0.4, 0.5) is 0 Å². The number of aromatic nitrogens is 2. The Morgan fingerprint density at radius 3 is 2.54 bits per heavy atom. The summed E-state index contributed by atoms with van der Waals surface area (Å²) in [5.41, 5.74) is 4.23. The fraction of sp³-hybridized carbons (Fsp3) is 0.0909. The molecule has 4 aromatic rings. The second kappa shape index (κ2) is 7.14. The van der Waals surface area contributed by atoms with E-state index in [4.69, 9.17) is 11.6 Å². The molecular formula is C22H18ClN2O+. The number of ketones is 1. The van der Waals surface area contributed by atoms with E-state index in [2.05, 4.69) is 29.2 Å². The number of nitrogens with zero attached hydrogens (tertiary/aromatic N) is 1. The number of H-pyrrole nitrogens is 1. The molecular weight excluding hydrogens is 344 g/mol. The summed E-state index contributed by atoms with van der Waals surface area (Å²) in [7, 11) is 0. The number of Topliss-reactive ketones (excluding diaryl/α,β-unsaturated/α-hetero) is 1. The SMILES string of the molecule is O=C(C[n+]1ccc2[nH]cc(Cc3ccccc3)c2c1)c1ccc(Cl)cc1. The molecule has 1 N–H and O–H groups in total. The van der Waals surface area contributed by atoms with Gasteiger partial charge >= 0.3 is 0 Å². The first-order valence-electron chi connectivity index (χ1n) is 8.51. The Morgan fingerprint density at radius 1 is 1.00 bits per heavy atom. The van der Waals surface area contributed by atoms with Crippen molar-refractivity contribution in [1.29, 1.82) is 0 Å². The third-order valence-electron chi connectivity index (χ3n) is 4.50. The van der Waals surface area contributed by atoms with Crippen molar-refractivity contribution in [3.8, 4) is 0 Å². The van der Waals surface area contributed by atoms with Gasteiger partial charge in [0.2, 0.25) is 12.3 Å². The molecule has 0 amide bonds. The molecule has 0 aliphatic rings. The summed E-state index contributed by atoms with van der Waals surface area (Å²) in [6.07, 6.45) is 6.87. The molecule has 0 aliphatic carbocycles. The van der Waals surface area contributed by atoms with Crippen LogP contribution in [-0.2, 0) is 13.0 Å². The molecule has 0 saturated heterocycles. The number of hydrogen-bond acceptors (Lipinski definition) is 1. The molecule has 0 fully saturated rings. The van der Waals surface area contributed by atoms with E-state index in [0.29, 0.717) is 17.1 Å². The van der Waals surface area contributed by atoms with Crippen LogP contribution in [0.25, 0.3) is 10.9 Å². The normalized spacial score (nSPS) is 11.0. The Balaban J connectivity index is 1.59. The number of carbonyl (C=O) groups excluding carboxylic acids is 1. The van der Waals surface area contributed by atoms with Crippen molar-refractivity contribution in [1.82, 2.24) is 4.98 Å². The molecule has 2 aromatic carbocycles. The molecule has 0 unspecified atom stereocenters. The Labute approximate surface area is 156 Å². The highest BCUT2D eigenvalue weighted by Crippen LogP contribution is 2.19. The maximum absolute atomic E-state index is 12.5. The van der Waals surface area contributed by atoms with Crippen LogP contribution in [0.15, 0.2) is 79.3 Å². The Bertz CT molecular complexity index is 1050. The lowest BCUT2D eigenvalue weighted by Gasteiger charge is -2.01. The van der Waals surface area contributed by atoms with Crippen molar-refractivity contribution >= 4 is 28.3 Å². The van der Waals surface area contributed by atoms with Gasteiger partial charge in [-0.05, 0) is 41.8 Å². The van der Waals surface area contributed by atoms with E-state index in [1.807, 2.05) is 35.3 Å². The van der Waals surface area contributed by atoms with E-state index in [-0.39, 0.29) is 5.78 Å². The van der Waals surface area contributed by atoms with Gasteiger partial charge in [0.1, 0.15) is 0 Å². The summed E-state index contributed by atoms with van der Waals surface area (Å²) in [4.78, 5) is 15.8. The summed E-state index contributed by atoms with van der Waals surface area (Å²) < 4.78 is 1.93. The van der Waals surface area contributed by atoms with E-state index >= 15 is 0 Å². The summed E-state index contributed by atoms with van der Waals surface area (Å²) in [6.45, 7) is 0.299. The minimum absolute atomic E-state index is 0.0613. The smallest absolute Gasteiger partial charge is 0.227 e. The van der Waals surface area contributed by atoms with Gasteiger partial charge in [0.05, 0.1) is 10.9 Å². The molecule has 0 bridgehead atoms. The number of hydrogen-bond donors (Lipinski definition) is 1. The van der Waals surface area contributed by atoms with Crippen molar-refractivity contribution in [2.45, 2.75) is 13.0 Å². The minimum atomic E-state index is 0.0613. The Kier molecular flexibility index (Phi) is 4.55. The fourth-order valence-corrected chi connectivity index (χ4v) is 3.24. The Hall–Kier alpha value is -2.91. The quantitative estimate of drug-likeness (QED) is 0.410. The molecule has 128 valence electrons. The molecule has 26 heavy (non-hydrogen) atoms. The maximum atomic E-state index is 12.5. The highest BCUT2D eigenvalue weighted by Gasteiger charge is 2.15. The number of nitrogens with one attached hydrogen (secondary N) is 1. The lowest BCUT2D eigenvalue weighted by Crippen LogP contribution is -2.37. The third kappa shape index (κ3) is 3.53. The van der Waals surface area contributed by atoms with E-state index in [1.165, 1.54) is 11.1 Å². The van der Waals surface area contributed by atoms with Crippen LogP contribution in [0.1, 0.15) is 21.5 Å². The summed E-state index contributed by atoms with van der Waals surface area (Å²) in [6, 6.07) is 19.4. The van der Waals surface area contributed by atoms with E-state index in [0.717, 1.165) is 17.3 Å². The number of aromatic amines is 1. The average molecular weight is 362 g/mol. The van der Waals surface area contributed by atoms with Gasteiger partial charge in [-0.25, -0.2) is 0 Å². The van der Waals surface area contributed by atoms with E-state index < -0.39 is 0 Å². The van der Waals surface area contributed by atoms with Crippen LogP contribution >= 0.6 is 11.6 Å². The van der Waals surface area contributed by atoms with Crippen LogP contribution in [0, 0.1) is 0 Å². The zero-order chi connectivity index (χ0) is 17.9. The molecule has 0 aliphatic heterocycles. The molecule has 0 radical (unpaired) electrons. The van der Waals surface area contributed by atoms with Crippen LogP contribution in [-0.4, -0.2) is 10.8 Å². The van der Waals surface area contributed by atoms with Crippen LogP contribution in [0.2, 0.25) is 5.02 Å². The van der Waals surface area contributed by atoms with Crippen molar-refractivity contribution < 1.29 is 9.36 Å². The highest BCUT2D eigenvalue weighted by molar-refractivity contribution is 6.30. The Morgan fingerprint density at radius 2 is 1.77 bits per heavy atom. The number of rotatable bonds is 5. The first-order chi connectivity index (χ1) is 12.7. The molecule has 4 heteroatoms. The van der Waals surface area contributed by atoms with Crippen molar-refractivity contribution in [3.05, 3.63) is 101 Å². The molecule has 0 spiro atoms. The second-order valence-corrected chi connectivity index (χ2v) is 6.79. The molecule has 0 saturated carbocycles. The second-order valence-electron chi connectivity index (χ2n) is 6.35. The van der Waals surface area contributed by atoms with Gasteiger partial charge in [0.15, 0.2) is 12.4 Å². The van der Waals surface area contributed by atoms with Crippen LogP contribution in [0.3, 0.4) is 0 Å². The van der Waals surface area contributed by atoms with Crippen molar-refractivity contribution in [3.63, 3.8) is 0 Å². The number of carbonyl (C=O) groups is 1. The lowest BCUT2D eigenvalue weighted by atomic mass is 10.1. The lowest BCUT2D eigenvalue weighted by molar-refractivity contribution is -0.681. The van der Waals surface area contributed by atoms with E-state index in [1.54, 1.807) is 24.3 Å². The van der Waals surface area contributed by atoms with Gasteiger partial charge in [0, 0.05) is 22.8 Å². The van der Waals surface area contributed by atoms with Gasteiger partial charge < -0.3 is 4.98 Å². The topological polar surface area (TPSA) is 36.7 Å². The average Bonchev–Trinajstić information content (AvgIpc) is 3.05.